The smallest absolute Gasteiger partial charge is 0.227 e. The van der Waals surface area contributed by atoms with E-state index in [9.17, 15) is 4.79 Å². The van der Waals surface area contributed by atoms with E-state index in [1.165, 1.54) is 11.8 Å². The molecule has 0 unspecified atom stereocenters. The molecule has 0 fully saturated rings. The summed E-state index contributed by atoms with van der Waals surface area (Å²) in [5, 5.41) is 8.70. The van der Waals surface area contributed by atoms with E-state index in [4.69, 9.17) is 0 Å². The molecule has 2 heterocycles. The topological polar surface area (TPSA) is 59.8 Å². The second kappa shape index (κ2) is 5.48. The Morgan fingerprint density at radius 2 is 2.00 bits per heavy atom. The van der Waals surface area contributed by atoms with Crippen molar-refractivity contribution in [1.82, 2.24) is 14.8 Å². The lowest BCUT2D eigenvalue weighted by Gasteiger charge is -2.38. The van der Waals surface area contributed by atoms with Crippen LogP contribution in [0.1, 0.15) is 38.3 Å². The number of hydrogen-bond acceptors (Lipinski definition) is 5. The minimum absolute atomic E-state index is 0.0331. The van der Waals surface area contributed by atoms with Crippen molar-refractivity contribution in [2.24, 2.45) is 5.41 Å². The Kier molecular flexibility index (Phi) is 3.53. The molecule has 4 rings (SSSR count). The van der Waals surface area contributed by atoms with Crippen molar-refractivity contribution in [3.8, 4) is 0 Å². The number of Topliss-reactive ketones (excluding diaryl/α,β-unsaturated/α-hetero) is 1. The molecule has 1 aliphatic heterocycles. The summed E-state index contributed by atoms with van der Waals surface area (Å²) in [6.07, 6.45) is 3.37. The molecular formula is C18H20N4OS. The monoisotopic (exact) mass is 340 g/mol. The predicted octanol–water partition coefficient (Wildman–Crippen LogP) is 3.66. The number of nitrogens with one attached hydrogen (secondary N) is 1. The van der Waals surface area contributed by atoms with E-state index in [0.717, 1.165) is 29.2 Å². The summed E-state index contributed by atoms with van der Waals surface area (Å²) in [5.41, 5.74) is 2.87. The van der Waals surface area contributed by atoms with Crippen LogP contribution in [0.4, 0.5) is 5.95 Å². The number of aromatic nitrogens is 3. The van der Waals surface area contributed by atoms with Crippen molar-refractivity contribution in [2.45, 2.75) is 37.9 Å². The van der Waals surface area contributed by atoms with Crippen LogP contribution in [0.25, 0.3) is 0 Å². The molecule has 2 aliphatic rings. The Labute approximate surface area is 145 Å². The summed E-state index contributed by atoms with van der Waals surface area (Å²) in [7, 11) is 0. The fourth-order valence-electron chi connectivity index (χ4n) is 3.62. The molecule has 1 N–H and O–H groups in total. The quantitative estimate of drug-likeness (QED) is 0.846. The molecule has 0 saturated carbocycles. The zero-order valence-electron chi connectivity index (χ0n) is 14.0. The van der Waals surface area contributed by atoms with Gasteiger partial charge in [-0.25, -0.2) is 4.68 Å². The summed E-state index contributed by atoms with van der Waals surface area (Å²) >= 11 is 1.51. The number of fused-ring (bicyclic) bond motifs is 1. The Morgan fingerprint density at radius 1 is 1.25 bits per heavy atom. The fraction of sp³-hybridized carbons (Fsp3) is 0.389. The number of anilines is 1. The number of carbonyl (C=O) groups is 1. The van der Waals surface area contributed by atoms with Gasteiger partial charge in [-0.15, -0.1) is 5.10 Å². The Bertz CT molecular complexity index is 838. The lowest BCUT2D eigenvalue weighted by atomic mass is 9.73. The van der Waals surface area contributed by atoms with E-state index in [1.807, 2.05) is 29.1 Å². The molecule has 1 aromatic carbocycles. The summed E-state index contributed by atoms with van der Waals surface area (Å²) in [4.78, 5) is 17.5. The largest absolute Gasteiger partial charge is 0.328 e. The maximum atomic E-state index is 12.9. The van der Waals surface area contributed by atoms with Crippen LogP contribution in [-0.2, 0) is 4.79 Å². The lowest BCUT2D eigenvalue weighted by molar-refractivity contribution is -0.118. The molecule has 0 radical (unpaired) electrons. The molecule has 0 bridgehead atoms. The summed E-state index contributed by atoms with van der Waals surface area (Å²) in [6, 6.07) is 9.90. The molecule has 124 valence electrons. The fourth-order valence-corrected chi connectivity index (χ4v) is 3.97. The van der Waals surface area contributed by atoms with E-state index < -0.39 is 0 Å². The van der Waals surface area contributed by atoms with Gasteiger partial charge in [0.25, 0.3) is 0 Å². The van der Waals surface area contributed by atoms with E-state index in [2.05, 4.69) is 41.4 Å². The van der Waals surface area contributed by atoms with E-state index >= 15 is 0 Å². The van der Waals surface area contributed by atoms with Gasteiger partial charge in [0, 0.05) is 17.7 Å². The van der Waals surface area contributed by atoms with Gasteiger partial charge in [-0.3, -0.25) is 4.79 Å². The number of allylic oxidation sites excluding steroid dienone is 2. The van der Waals surface area contributed by atoms with E-state index in [0.29, 0.717) is 11.6 Å². The molecule has 1 aliphatic carbocycles. The van der Waals surface area contributed by atoms with Gasteiger partial charge in [-0.05, 0) is 23.7 Å². The summed E-state index contributed by atoms with van der Waals surface area (Å²) in [6.45, 7) is 4.28. The molecule has 6 heteroatoms. The van der Waals surface area contributed by atoms with Crippen molar-refractivity contribution in [3.05, 3.63) is 47.2 Å². The first-order valence-corrected chi connectivity index (χ1v) is 9.30. The standard InChI is InChI=1S/C18H20N4OS/c1-18(2)9-12-14(13(23)10-18)15(11-7-5-4-6-8-11)22-16(19-12)20-17(21-22)24-3/h4-8,15H,9-10H2,1-3H3,(H,19,20,21)/t15-/m0/s1. The van der Waals surface area contributed by atoms with Crippen LogP contribution in [0.3, 0.4) is 0 Å². The molecule has 0 saturated heterocycles. The number of thioether (sulfide) groups is 1. The SMILES string of the molecule is CSc1nc2n(n1)[C@@H](c1ccccc1)C1=C(CC(C)(C)CC1=O)N2. The lowest BCUT2D eigenvalue weighted by Crippen LogP contribution is -2.36. The highest BCUT2D eigenvalue weighted by molar-refractivity contribution is 7.98. The van der Waals surface area contributed by atoms with Gasteiger partial charge in [-0.2, -0.15) is 4.98 Å². The maximum Gasteiger partial charge on any atom is 0.227 e. The summed E-state index contributed by atoms with van der Waals surface area (Å²) < 4.78 is 1.86. The first kappa shape index (κ1) is 15.4. The van der Waals surface area contributed by atoms with Crippen molar-refractivity contribution >= 4 is 23.5 Å². The number of nitrogens with zero attached hydrogens (tertiary/aromatic N) is 3. The van der Waals surface area contributed by atoms with Gasteiger partial charge >= 0.3 is 0 Å². The zero-order valence-corrected chi connectivity index (χ0v) is 14.9. The minimum Gasteiger partial charge on any atom is -0.328 e. The van der Waals surface area contributed by atoms with Gasteiger partial charge in [0.05, 0.1) is 0 Å². The van der Waals surface area contributed by atoms with Crippen LogP contribution in [0.5, 0.6) is 0 Å². The van der Waals surface area contributed by atoms with Crippen LogP contribution in [-0.4, -0.2) is 26.8 Å². The highest BCUT2D eigenvalue weighted by atomic mass is 32.2. The average molecular weight is 340 g/mol. The second-order valence-corrected chi connectivity index (χ2v) is 7.91. The van der Waals surface area contributed by atoms with Crippen LogP contribution in [0.15, 0.2) is 46.8 Å². The van der Waals surface area contributed by atoms with Gasteiger partial charge in [0.2, 0.25) is 11.1 Å². The highest BCUT2D eigenvalue weighted by Crippen LogP contribution is 2.45. The van der Waals surface area contributed by atoms with E-state index in [1.54, 1.807) is 0 Å². The Morgan fingerprint density at radius 3 is 2.71 bits per heavy atom. The molecule has 5 nitrogen and oxygen atoms in total. The Balaban J connectivity index is 1.91. The van der Waals surface area contributed by atoms with E-state index in [-0.39, 0.29) is 17.2 Å². The highest BCUT2D eigenvalue weighted by Gasteiger charge is 2.41. The van der Waals surface area contributed by atoms with Crippen molar-refractivity contribution in [1.29, 1.82) is 0 Å². The van der Waals surface area contributed by atoms with Crippen LogP contribution in [0, 0.1) is 5.41 Å². The number of ketones is 1. The van der Waals surface area contributed by atoms with Crippen molar-refractivity contribution in [2.75, 3.05) is 11.6 Å². The summed E-state index contributed by atoms with van der Waals surface area (Å²) in [5.74, 6) is 0.923. The van der Waals surface area contributed by atoms with Crippen LogP contribution in [0.2, 0.25) is 0 Å². The molecule has 2 aromatic rings. The molecule has 0 amide bonds. The number of carbonyl (C=O) groups excluding carboxylic acids is 1. The minimum atomic E-state index is -0.200. The number of benzene rings is 1. The third-order valence-corrected chi connectivity index (χ3v) is 5.15. The Hall–Kier alpha value is -2.08. The first-order valence-electron chi connectivity index (χ1n) is 8.07. The zero-order chi connectivity index (χ0) is 16.9. The van der Waals surface area contributed by atoms with Crippen LogP contribution >= 0.6 is 11.8 Å². The van der Waals surface area contributed by atoms with Gasteiger partial charge in [-0.1, -0.05) is 55.9 Å². The predicted molar refractivity (Wildman–Crippen MR) is 95.1 cm³/mol. The molecule has 24 heavy (non-hydrogen) atoms. The van der Waals surface area contributed by atoms with Crippen molar-refractivity contribution < 1.29 is 4.79 Å². The van der Waals surface area contributed by atoms with Gasteiger partial charge in [0.15, 0.2) is 5.78 Å². The number of rotatable bonds is 2. The molecule has 1 aromatic heterocycles. The average Bonchev–Trinajstić information content (AvgIpc) is 2.95. The molecule has 0 spiro atoms. The first-order chi connectivity index (χ1) is 11.5. The molecule has 1 atom stereocenters. The third-order valence-electron chi connectivity index (χ3n) is 4.61. The molecular weight excluding hydrogens is 320 g/mol. The third kappa shape index (κ3) is 2.45. The second-order valence-electron chi connectivity index (χ2n) is 7.14. The van der Waals surface area contributed by atoms with Crippen molar-refractivity contribution in [3.63, 3.8) is 0 Å². The maximum absolute atomic E-state index is 12.9. The van der Waals surface area contributed by atoms with Crippen LogP contribution < -0.4 is 5.32 Å². The van der Waals surface area contributed by atoms with Gasteiger partial charge in [0.1, 0.15) is 6.04 Å². The number of hydrogen-bond donors (Lipinski definition) is 1. The van der Waals surface area contributed by atoms with Gasteiger partial charge < -0.3 is 5.32 Å². The normalized spacial score (nSPS) is 22.0.